The maximum absolute atomic E-state index is 5.85. The van der Waals surface area contributed by atoms with E-state index in [0.29, 0.717) is 28.3 Å². The summed E-state index contributed by atoms with van der Waals surface area (Å²) in [5.74, 6) is 1.94. The van der Waals surface area contributed by atoms with E-state index in [4.69, 9.17) is 4.74 Å². The minimum absolute atomic E-state index is 0.307. The topological polar surface area (TPSA) is 21.3 Å². The van der Waals surface area contributed by atoms with E-state index in [9.17, 15) is 0 Å². The molecule has 0 unspecified atom stereocenters. The van der Waals surface area contributed by atoms with Crippen LogP contribution >= 0.6 is 11.8 Å². The molecular weight excluding hydrogens is 242 g/mol. The number of nitrogens with one attached hydrogen (secondary N) is 1. The Kier molecular flexibility index (Phi) is 4.07. The van der Waals surface area contributed by atoms with Crippen LogP contribution in [0.4, 0.5) is 0 Å². The molecular formula is C15H29NOS. The molecule has 1 saturated carbocycles. The van der Waals surface area contributed by atoms with Crippen molar-refractivity contribution in [1.29, 1.82) is 0 Å². The van der Waals surface area contributed by atoms with Crippen molar-refractivity contribution in [3.8, 4) is 0 Å². The minimum atomic E-state index is 0.307. The average Bonchev–Trinajstić information content (AvgIpc) is 2.68. The van der Waals surface area contributed by atoms with E-state index in [1.165, 1.54) is 12.2 Å². The van der Waals surface area contributed by atoms with Crippen molar-refractivity contribution < 1.29 is 4.74 Å². The Labute approximate surface area is 117 Å². The second kappa shape index (κ2) is 4.99. The van der Waals surface area contributed by atoms with Gasteiger partial charge in [0.25, 0.3) is 0 Å². The standard InChI is InChI=1S/C15H29NOS/c1-10(9-18-14(2,3)4)16-12-11-7-8-17-13(11)15(12,5)6/h10-13,16H,7-9H2,1-6H3/t10-,11-,12-,13-/m1/s1. The number of fused-ring (bicyclic) bond motifs is 1. The highest BCUT2D eigenvalue weighted by atomic mass is 32.2. The fourth-order valence-electron chi connectivity index (χ4n) is 3.39. The van der Waals surface area contributed by atoms with Crippen LogP contribution in [0.15, 0.2) is 0 Å². The normalized spacial score (nSPS) is 36.0. The Bertz CT molecular complexity index is 297. The Morgan fingerprint density at radius 3 is 2.67 bits per heavy atom. The maximum atomic E-state index is 5.85. The van der Waals surface area contributed by atoms with Gasteiger partial charge in [0.15, 0.2) is 0 Å². The van der Waals surface area contributed by atoms with Crippen LogP contribution in [0.2, 0.25) is 0 Å². The lowest BCUT2D eigenvalue weighted by molar-refractivity contribution is -0.114. The summed E-state index contributed by atoms with van der Waals surface area (Å²) in [5.41, 5.74) is 0.307. The highest BCUT2D eigenvalue weighted by molar-refractivity contribution is 8.00. The van der Waals surface area contributed by atoms with Crippen LogP contribution in [-0.2, 0) is 4.74 Å². The summed E-state index contributed by atoms with van der Waals surface area (Å²) >= 11 is 2.05. The number of rotatable bonds is 4. The number of ether oxygens (including phenoxy) is 1. The Balaban J connectivity index is 1.82. The van der Waals surface area contributed by atoms with Crippen LogP contribution in [0.1, 0.15) is 48.0 Å². The van der Waals surface area contributed by atoms with Crippen molar-refractivity contribution in [1.82, 2.24) is 5.32 Å². The van der Waals surface area contributed by atoms with Crippen LogP contribution in [-0.4, -0.2) is 35.3 Å². The number of hydrogen-bond donors (Lipinski definition) is 1. The quantitative estimate of drug-likeness (QED) is 0.847. The molecule has 2 fully saturated rings. The van der Waals surface area contributed by atoms with Gasteiger partial charge in [-0.3, -0.25) is 0 Å². The van der Waals surface area contributed by atoms with E-state index >= 15 is 0 Å². The molecule has 0 spiro atoms. The van der Waals surface area contributed by atoms with Crippen molar-refractivity contribution in [2.75, 3.05) is 12.4 Å². The van der Waals surface area contributed by atoms with Gasteiger partial charge in [-0.15, -0.1) is 0 Å². The lowest BCUT2D eigenvalue weighted by Gasteiger charge is -2.55. The predicted octanol–water partition coefficient (Wildman–Crippen LogP) is 3.31. The van der Waals surface area contributed by atoms with E-state index in [-0.39, 0.29) is 0 Å². The van der Waals surface area contributed by atoms with Gasteiger partial charge < -0.3 is 10.1 Å². The second-order valence-corrected chi connectivity index (χ2v) is 9.38. The van der Waals surface area contributed by atoms with Gasteiger partial charge in [0.1, 0.15) is 0 Å². The van der Waals surface area contributed by atoms with Gasteiger partial charge in [-0.1, -0.05) is 34.6 Å². The fourth-order valence-corrected chi connectivity index (χ4v) is 4.24. The fraction of sp³-hybridized carbons (Fsp3) is 1.00. The zero-order valence-electron chi connectivity index (χ0n) is 12.7. The first-order valence-electron chi connectivity index (χ1n) is 7.23. The van der Waals surface area contributed by atoms with E-state index in [1.54, 1.807) is 0 Å². The molecule has 0 aromatic heterocycles. The SMILES string of the molecule is C[C@H](CSC(C)(C)C)N[C@@H]1[C@H]2CCO[C@H]2C1(C)C. The lowest BCUT2D eigenvalue weighted by Crippen LogP contribution is -2.67. The molecule has 0 bridgehead atoms. The van der Waals surface area contributed by atoms with E-state index in [2.05, 4.69) is 46.9 Å². The van der Waals surface area contributed by atoms with Gasteiger partial charge in [-0.25, -0.2) is 0 Å². The summed E-state index contributed by atoms with van der Waals surface area (Å²) in [5, 5.41) is 3.85. The van der Waals surface area contributed by atoms with Gasteiger partial charge in [0, 0.05) is 40.5 Å². The third kappa shape index (κ3) is 2.88. The molecule has 1 saturated heterocycles. The molecule has 1 aliphatic heterocycles. The highest BCUT2D eigenvalue weighted by Crippen LogP contribution is 2.52. The molecule has 0 radical (unpaired) electrons. The molecule has 2 nitrogen and oxygen atoms in total. The minimum Gasteiger partial charge on any atom is -0.377 e. The molecule has 0 aromatic carbocycles. The van der Waals surface area contributed by atoms with E-state index in [1.807, 2.05) is 11.8 Å². The first kappa shape index (κ1) is 14.7. The molecule has 0 amide bonds. The van der Waals surface area contributed by atoms with Crippen molar-refractivity contribution in [3.63, 3.8) is 0 Å². The Morgan fingerprint density at radius 2 is 2.06 bits per heavy atom. The van der Waals surface area contributed by atoms with Crippen LogP contribution in [0.25, 0.3) is 0 Å². The molecule has 4 atom stereocenters. The van der Waals surface area contributed by atoms with Crippen molar-refractivity contribution in [2.24, 2.45) is 11.3 Å². The molecule has 18 heavy (non-hydrogen) atoms. The summed E-state index contributed by atoms with van der Waals surface area (Å²) in [7, 11) is 0. The average molecular weight is 271 g/mol. The van der Waals surface area contributed by atoms with E-state index < -0.39 is 0 Å². The first-order chi connectivity index (χ1) is 8.22. The van der Waals surface area contributed by atoms with Gasteiger partial charge >= 0.3 is 0 Å². The molecule has 2 aliphatic rings. The van der Waals surface area contributed by atoms with Crippen molar-refractivity contribution in [3.05, 3.63) is 0 Å². The predicted molar refractivity (Wildman–Crippen MR) is 80.2 cm³/mol. The summed E-state index contributed by atoms with van der Waals surface area (Å²) in [6.07, 6.45) is 1.74. The molecule has 1 N–H and O–H groups in total. The Hall–Kier alpha value is 0.270. The maximum Gasteiger partial charge on any atom is 0.0685 e. The molecule has 106 valence electrons. The summed E-state index contributed by atoms with van der Waals surface area (Å²) in [6, 6.07) is 1.22. The van der Waals surface area contributed by atoms with Crippen molar-refractivity contribution in [2.45, 2.75) is 70.9 Å². The zero-order valence-corrected chi connectivity index (χ0v) is 13.6. The van der Waals surface area contributed by atoms with Gasteiger partial charge in [-0.2, -0.15) is 11.8 Å². The second-order valence-electron chi connectivity index (χ2n) is 7.53. The van der Waals surface area contributed by atoms with Crippen LogP contribution < -0.4 is 5.32 Å². The van der Waals surface area contributed by atoms with Gasteiger partial charge in [0.2, 0.25) is 0 Å². The number of hydrogen-bond acceptors (Lipinski definition) is 3. The van der Waals surface area contributed by atoms with E-state index in [0.717, 1.165) is 12.5 Å². The lowest BCUT2D eigenvalue weighted by atomic mass is 9.57. The molecule has 1 heterocycles. The third-order valence-electron chi connectivity index (χ3n) is 4.33. The van der Waals surface area contributed by atoms with Crippen LogP contribution in [0, 0.1) is 11.3 Å². The van der Waals surface area contributed by atoms with Gasteiger partial charge in [-0.05, 0) is 13.3 Å². The first-order valence-corrected chi connectivity index (χ1v) is 8.22. The monoisotopic (exact) mass is 271 g/mol. The summed E-state index contributed by atoms with van der Waals surface area (Å²) in [6.45, 7) is 14.8. The molecule has 3 heteroatoms. The molecule has 2 rings (SSSR count). The van der Waals surface area contributed by atoms with Gasteiger partial charge in [0.05, 0.1) is 6.10 Å². The highest BCUT2D eigenvalue weighted by Gasteiger charge is 2.59. The summed E-state index contributed by atoms with van der Waals surface area (Å²) in [4.78, 5) is 0. The third-order valence-corrected chi connectivity index (χ3v) is 5.86. The largest absolute Gasteiger partial charge is 0.377 e. The Morgan fingerprint density at radius 1 is 1.39 bits per heavy atom. The smallest absolute Gasteiger partial charge is 0.0685 e. The van der Waals surface area contributed by atoms with Crippen LogP contribution in [0.5, 0.6) is 0 Å². The number of thioether (sulfide) groups is 1. The molecule has 1 aliphatic carbocycles. The summed E-state index contributed by atoms with van der Waals surface area (Å²) < 4.78 is 6.21. The van der Waals surface area contributed by atoms with Crippen LogP contribution in [0.3, 0.4) is 0 Å². The molecule has 0 aromatic rings. The van der Waals surface area contributed by atoms with Crippen molar-refractivity contribution >= 4 is 11.8 Å². The zero-order chi connectivity index (χ0) is 13.6.